The molecule has 0 saturated carbocycles. The fraction of sp³-hybridized carbons (Fsp3) is 0. The number of hydrogen-bond acceptors (Lipinski definition) is 7. The Hall–Kier alpha value is -4.50. The zero-order chi connectivity index (χ0) is 20.1. The predicted molar refractivity (Wildman–Crippen MR) is 94.2 cm³/mol. The first-order valence-electron chi connectivity index (χ1n) is 7.17. The molecule has 0 atom stereocenters. The van der Waals surface area contributed by atoms with E-state index in [0.717, 1.165) is 22.6 Å². The first-order chi connectivity index (χ1) is 13.1. The van der Waals surface area contributed by atoms with E-state index in [1.165, 1.54) is 10.7 Å². The van der Waals surface area contributed by atoms with Crippen LogP contribution >= 0.6 is 0 Å². The van der Waals surface area contributed by atoms with Gasteiger partial charge in [-0.1, -0.05) is 0 Å². The van der Waals surface area contributed by atoms with E-state index in [4.69, 9.17) is 35.2 Å². The maximum absolute atomic E-state index is 8.80. The van der Waals surface area contributed by atoms with Crippen molar-refractivity contribution in [3.63, 3.8) is 0 Å². The second-order valence-electron chi connectivity index (χ2n) is 4.71. The van der Waals surface area contributed by atoms with Gasteiger partial charge in [-0.15, -0.1) is 9.81 Å². The SMILES string of the molecule is N#Cc1ccc(-c2ccc(-c3ccc(C#N)cc3)o2)cc1.O=NO.O=NO. The van der Waals surface area contributed by atoms with Crippen molar-refractivity contribution in [3.05, 3.63) is 81.6 Å². The number of benzene rings is 2. The molecule has 27 heavy (non-hydrogen) atoms. The molecule has 0 fully saturated rings. The Morgan fingerprint density at radius 3 is 1.22 bits per heavy atom. The lowest BCUT2D eigenvalue weighted by Crippen LogP contribution is -1.77. The molecule has 9 heteroatoms. The van der Waals surface area contributed by atoms with Gasteiger partial charge in [0.05, 0.1) is 23.3 Å². The summed E-state index contributed by atoms with van der Waals surface area (Å²) >= 11 is 0. The third-order valence-corrected chi connectivity index (χ3v) is 3.20. The summed E-state index contributed by atoms with van der Waals surface area (Å²) in [7, 11) is 0. The minimum absolute atomic E-state index is 0.623. The lowest BCUT2D eigenvalue weighted by Gasteiger charge is -1.99. The van der Waals surface area contributed by atoms with E-state index < -0.39 is 0 Å². The molecule has 0 aliphatic heterocycles. The number of hydrogen-bond donors (Lipinski definition) is 2. The smallest absolute Gasteiger partial charge is 0.152 e. The predicted octanol–water partition coefficient (Wildman–Crippen LogP) is 4.64. The highest BCUT2D eigenvalue weighted by molar-refractivity contribution is 5.65. The van der Waals surface area contributed by atoms with Gasteiger partial charge in [0.25, 0.3) is 0 Å². The second-order valence-corrected chi connectivity index (χ2v) is 4.71. The Balaban J connectivity index is 0.000000540. The zero-order valence-electron chi connectivity index (χ0n) is 13.7. The molecule has 0 spiro atoms. The van der Waals surface area contributed by atoms with Crippen LogP contribution in [0.15, 0.2) is 75.8 Å². The Morgan fingerprint density at radius 2 is 0.963 bits per heavy atom. The van der Waals surface area contributed by atoms with Crippen LogP contribution in [0, 0.1) is 32.5 Å². The molecule has 0 aliphatic rings. The van der Waals surface area contributed by atoms with Crippen LogP contribution < -0.4 is 0 Å². The molecule has 3 aromatic rings. The van der Waals surface area contributed by atoms with Crippen molar-refractivity contribution < 1.29 is 14.8 Å². The number of nitrogens with zero attached hydrogens (tertiary/aromatic N) is 4. The van der Waals surface area contributed by atoms with Gasteiger partial charge in [-0.2, -0.15) is 10.5 Å². The molecule has 1 heterocycles. The first-order valence-corrected chi connectivity index (χ1v) is 7.17. The number of rotatable bonds is 2. The molecule has 134 valence electrons. The summed E-state index contributed by atoms with van der Waals surface area (Å²) in [4.78, 5) is 16.2. The van der Waals surface area contributed by atoms with E-state index in [1.807, 2.05) is 36.4 Å². The highest BCUT2D eigenvalue weighted by Crippen LogP contribution is 2.28. The van der Waals surface area contributed by atoms with E-state index in [1.54, 1.807) is 24.3 Å². The highest BCUT2D eigenvalue weighted by Gasteiger charge is 2.07. The van der Waals surface area contributed by atoms with Crippen molar-refractivity contribution in [2.24, 2.45) is 10.7 Å². The molecule has 0 radical (unpaired) electrons. The number of furan rings is 1. The van der Waals surface area contributed by atoms with E-state index in [-0.39, 0.29) is 0 Å². The summed E-state index contributed by atoms with van der Waals surface area (Å²) < 4.78 is 5.84. The van der Waals surface area contributed by atoms with Gasteiger partial charge < -0.3 is 14.8 Å². The molecular weight excluding hydrogens is 352 g/mol. The summed E-state index contributed by atoms with van der Waals surface area (Å²) in [5.41, 5.74) is 3.10. The van der Waals surface area contributed by atoms with E-state index in [2.05, 4.69) is 12.1 Å². The molecule has 3 rings (SSSR count). The van der Waals surface area contributed by atoms with Gasteiger partial charge in [-0.3, -0.25) is 0 Å². The standard InChI is InChI=1S/C18H10N2O.2HNO2/c19-11-13-1-5-15(6-2-13)17-9-10-18(21-17)16-7-3-14(12-20)4-8-16;2*2-1-3/h1-10H;2*(H,2,3). The fourth-order valence-electron chi connectivity index (χ4n) is 2.07. The van der Waals surface area contributed by atoms with Gasteiger partial charge in [0.2, 0.25) is 0 Å². The molecular formula is C18H12N4O5. The molecule has 0 bridgehead atoms. The van der Waals surface area contributed by atoms with Gasteiger partial charge in [-0.25, -0.2) is 0 Å². The molecule has 2 aromatic carbocycles. The van der Waals surface area contributed by atoms with Crippen LogP contribution in [0.1, 0.15) is 11.1 Å². The monoisotopic (exact) mass is 364 g/mol. The van der Waals surface area contributed by atoms with Crippen LogP contribution in [0.25, 0.3) is 22.6 Å². The molecule has 0 amide bonds. The van der Waals surface area contributed by atoms with E-state index >= 15 is 0 Å². The fourth-order valence-corrected chi connectivity index (χ4v) is 2.07. The van der Waals surface area contributed by atoms with E-state index in [9.17, 15) is 0 Å². The van der Waals surface area contributed by atoms with Crippen LogP contribution in [0.2, 0.25) is 0 Å². The van der Waals surface area contributed by atoms with Crippen molar-refractivity contribution in [1.29, 1.82) is 10.5 Å². The average Bonchev–Trinajstić information content (AvgIpc) is 3.19. The molecule has 9 nitrogen and oxygen atoms in total. The Bertz CT molecular complexity index is 873. The molecule has 1 aromatic heterocycles. The van der Waals surface area contributed by atoms with Crippen LogP contribution in [0.5, 0.6) is 0 Å². The van der Waals surface area contributed by atoms with Crippen LogP contribution in [-0.2, 0) is 0 Å². The highest BCUT2D eigenvalue weighted by atomic mass is 16.6. The molecule has 2 N–H and O–H groups in total. The van der Waals surface area contributed by atoms with E-state index in [0.29, 0.717) is 11.1 Å². The van der Waals surface area contributed by atoms with Crippen LogP contribution in [-0.4, -0.2) is 10.4 Å². The third-order valence-electron chi connectivity index (χ3n) is 3.20. The van der Waals surface area contributed by atoms with Gasteiger partial charge in [-0.05, 0) is 60.7 Å². The minimum atomic E-state index is 0.623. The van der Waals surface area contributed by atoms with Crippen molar-refractivity contribution in [1.82, 2.24) is 0 Å². The van der Waals surface area contributed by atoms with Gasteiger partial charge in [0, 0.05) is 11.1 Å². The normalized spacial score (nSPS) is 8.52. The maximum atomic E-state index is 8.80. The quantitative estimate of drug-likeness (QED) is 0.494. The van der Waals surface area contributed by atoms with Gasteiger partial charge in [0.15, 0.2) is 10.7 Å². The Morgan fingerprint density at radius 1 is 0.667 bits per heavy atom. The Labute approximate surface area is 153 Å². The largest absolute Gasteiger partial charge is 0.456 e. The minimum Gasteiger partial charge on any atom is -0.456 e. The zero-order valence-corrected chi connectivity index (χ0v) is 13.7. The second kappa shape index (κ2) is 11.1. The third kappa shape index (κ3) is 6.14. The summed E-state index contributed by atoms with van der Waals surface area (Å²) in [6, 6.07) is 22.5. The van der Waals surface area contributed by atoms with Crippen molar-refractivity contribution in [2.75, 3.05) is 0 Å². The lowest BCUT2D eigenvalue weighted by atomic mass is 10.1. The summed E-state index contributed by atoms with van der Waals surface area (Å²) in [5.74, 6) is 1.50. The lowest BCUT2D eigenvalue weighted by molar-refractivity contribution is 0.312. The first kappa shape index (κ1) is 20.5. The average molecular weight is 364 g/mol. The maximum Gasteiger partial charge on any atom is 0.152 e. The van der Waals surface area contributed by atoms with Crippen molar-refractivity contribution >= 4 is 0 Å². The van der Waals surface area contributed by atoms with Gasteiger partial charge >= 0.3 is 0 Å². The topological polar surface area (TPSA) is 160 Å². The molecule has 0 unspecified atom stereocenters. The summed E-state index contributed by atoms with van der Waals surface area (Å²) in [5, 5.41) is 33.4. The van der Waals surface area contributed by atoms with Crippen molar-refractivity contribution in [2.45, 2.75) is 0 Å². The summed E-state index contributed by atoms with van der Waals surface area (Å²) in [6.45, 7) is 0. The van der Waals surface area contributed by atoms with Crippen LogP contribution in [0.4, 0.5) is 0 Å². The Kier molecular flexibility index (Phi) is 8.46. The van der Waals surface area contributed by atoms with Crippen LogP contribution in [0.3, 0.4) is 0 Å². The number of nitriles is 2. The molecule has 0 aliphatic carbocycles. The van der Waals surface area contributed by atoms with Gasteiger partial charge in [0.1, 0.15) is 11.5 Å². The van der Waals surface area contributed by atoms with Crippen molar-refractivity contribution in [3.8, 4) is 34.8 Å². The summed E-state index contributed by atoms with van der Waals surface area (Å²) in [6.07, 6.45) is 0. The molecule has 0 saturated heterocycles.